The lowest BCUT2D eigenvalue weighted by Gasteiger charge is -2.07. The fourth-order valence-corrected chi connectivity index (χ4v) is 1.67. The third kappa shape index (κ3) is 5.78. The minimum Gasteiger partial charge on any atom is -0.315 e. The topological polar surface area (TPSA) is 12.0 Å². The highest BCUT2D eigenvalue weighted by molar-refractivity contribution is 5.23. The molecule has 96 valence electrons. The van der Waals surface area contributed by atoms with E-state index >= 15 is 0 Å². The molecule has 0 atom stereocenters. The van der Waals surface area contributed by atoms with E-state index in [-0.39, 0.29) is 5.56 Å². The molecule has 0 aromatic heterocycles. The molecule has 0 aliphatic carbocycles. The van der Waals surface area contributed by atoms with Crippen molar-refractivity contribution in [3.8, 4) is 0 Å². The Morgan fingerprint density at radius 2 is 1.71 bits per heavy atom. The largest absolute Gasteiger partial charge is 0.315 e. The van der Waals surface area contributed by atoms with Gasteiger partial charge < -0.3 is 5.32 Å². The van der Waals surface area contributed by atoms with Crippen molar-refractivity contribution in [3.63, 3.8) is 0 Å². The Morgan fingerprint density at radius 3 is 2.24 bits per heavy atom. The van der Waals surface area contributed by atoms with Crippen LogP contribution < -0.4 is 5.32 Å². The van der Waals surface area contributed by atoms with Crippen LogP contribution in [0.2, 0.25) is 0 Å². The molecule has 0 heterocycles. The van der Waals surface area contributed by atoms with Gasteiger partial charge in [0.15, 0.2) is 0 Å². The molecule has 1 rings (SSSR count). The molecule has 0 fully saturated rings. The summed E-state index contributed by atoms with van der Waals surface area (Å²) < 4.78 is 24.6. The van der Waals surface area contributed by atoms with Crippen LogP contribution in [0.1, 0.15) is 44.2 Å². The molecular weight excluding hydrogens is 220 g/mol. The Labute approximate surface area is 102 Å². The van der Waals surface area contributed by atoms with E-state index in [9.17, 15) is 8.78 Å². The Morgan fingerprint density at radius 1 is 1.06 bits per heavy atom. The molecule has 0 amide bonds. The summed E-state index contributed by atoms with van der Waals surface area (Å²) in [5, 5.41) is 3.36. The summed E-state index contributed by atoms with van der Waals surface area (Å²) in [5.74, 6) is 0. The van der Waals surface area contributed by atoms with Crippen molar-refractivity contribution in [1.29, 1.82) is 0 Å². The summed E-state index contributed by atoms with van der Waals surface area (Å²) in [5.41, 5.74) is 1.24. The summed E-state index contributed by atoms with van der Waals surface area (Å²) in [4.78, 5) is 0. The Hall–Kier alpha value is -0.960. The third-order valence-electron chi connectivity index (χ3n) is 2.68. The van der Waals surface area contributed by atoms with Crippen molar-refractivity contribution in [2.24, 2.45) is 0 Å². The van der Waals surface area contributed by atoms with Gasteiger partial charge in [-0.05, 0) is 31.4 Å². The number of aryl methyl sites for hydroxylation is 1. The minimum absolute atomic E-state index is 0.107. The molecule has 1 N–H and O–H groups in total. The summed E-state index contributed by atoms with van der Waals surface area (Å²) >= 11 is 0. The number of nitrogens with one attached hydrogen (secondary N) is 1. The molecular formula is C14H21F2N. The number of alkyl halides is 2. The summed E-state index contributed by atoms with van der Waals surface area (Å²) in [6, 6.07) is 7.17. The highest BCUT2D eigenvalue weighted by Crippen LogP contribution is 2.19. The average Bonchev–Trinajstić information content (AvgIpc) is 2.29. The number of benzene rings is 1. The smallest absolute Gasteiger partial charge is 0.263 e. The molecule has 0 saturated heterocycles. The third-order valence-corrected chi connectivity index (χ3v) is 2.68. The first-order chi connectivity index (χ1) is 8.09. The number of hydrogen-bond donors (Lipinski definition) is 1. The molecule has 0 aliphatic rings. The molecule has 0 aliphatic heterocycles. The van der Waals surface area contributed by atoms with Crippen molar-refractivity contribution in [2.75, 3.05) is 6.54 Å². The zero-order valence-electron chi connectivity index (χ0n) is 10.5. The van der Waals surface area contributed by atoms with Gasteiger partial charge in [0.1, 0.15) is 0 Å². The first kappa shape index (κ1) is 14.1. The lowest BCUT2D eigenvalue weighted by atomic mass is 10.1. The fourth-order valence-electron chi connectivity index (χ4n) is 1.67. The fraction of sp³-hybridized carbons (Fsp3) is 0.571. The number of unbranched alkanes of at least 4 members (excludes halogenated alkanes) is 1. The van der Waals surface area contributed by atoms with Gasteiger partial charge in [-0.15, -0.1) is 0 Å². The molecule has 0 bridgehead atoms. The minimum atomic E-state index is -2.36. The van der Waals surface area contributed by atoms with E-state index in [2.05, 4.69) is 19.2 Å². The van der Waals surface area contributed by atoms with E-state index in [0.29, 0.717) is 6.04 Å². The highest BCUT2D eigenvalue weighted by Gasteiger charge is 2.05. The molecule has 1 aromatic rings. The van der Waals surface area contributed by atoms with E-state index in [0.717, 1.165) is 31.4 Å². The van der Waals surface area contributed by atoms with Crippen LogP contribution >= 0.6 is 0 Å². The van der Waals surface area contributed by atoms with Gasteiger partial charge in [0.2, 0.25) is 0 Å². The van der Waals surface area contributed by atoms with Crippen molar-refractivity contribution in [3.05, 3.63) is 35.4 Å². The van der Waals surface area contributed by atoms with Crippen LogP contribution in [0, 0.1) is 0 Å². The Bertz CT molecular complexity index is 307. The van der Waals surface area contributed by atoms with Gasteiger partial charge in [-0.1, -0.05) is 38.1 Å². The quantitative estimate of drug-likeness (QED) is 0.713. The van der Waals surface area contributed by atoms with E-state index in [1.807, 2.05) is 0 Å². The second-order valence-corrected chi connectivity index (χ2v) is 4.61. The van der Waals surface area contributed by atoms with Crippen LogP contribution in [0.3, 0.4) is 0 Å². The number of hydrogen-bond acceptors (Lipinski definition) is 1. The predicted octanol–water partition coefficient (Wildman–Crippen LogP) is 3.94. The van der Waals surface area contributed by atoms with Gasteiger partial charge in [-0.3, -0.25) is 0 Å². The summed E-state index contributed by atoms with van der Waals surface area (Å²) in [6.45, 7) is 5.28. The molecule has 3 heteroatoms. The highest BCUT2D eigenvalue weighted by atomic mass is 19.3. The second kappa shape index (κ2) is 7.38. The lowest BCUT2D eigenvalue weighted by Crippen LogP contribution is -2.23. The molecule has 1 aromatic carbocycles. The maximum absolute atomic E-state index is 12.3. The zero-order chi connectivity index (χ0) is 12.7. The van der Waals surface area contributed by atoms with E-state index in [1.54, 1.807) is 12.1 Å². The molecule has 0 unspecified atom stereocenters. The maximum Gasteiger partial charge on any atom is 0.263 e. The maximum atomic E-state index is 12.3. The zero-order valence-corrected chi connectivity index (χ0v) is 10.5. The molecule has 1 nitrogen and oxygen atoms in total. The van der Waals surface area contributed by atoms with Gasteiger partial charge in [-0.25, -0.2) is 8.78 Å². The first-order valence-electron chi connectivity index (χ1n) is 6.20. The summed E-state index contributed by atoms with van der Waals surface area (Å²) in [7, 11) is 0. The normalized spacial score (nSPS) is 11.4. The van der Waals surface area contributed by atoms with E-state index in [1.165, 1.54) is 12.1 Å². The summed E-state index contributed by atoms with van der Waals surface area (Å²) in [6.07, 6.45) is 0.811. The van der Waals surface area contributed by atoms with Crippen LogP contribution in [-0.4, -0.2) is 12.6 Å². The van der Waals surface area contributed by atoms with Gasteiger partial charge in [0.25, 0.3) is 6.43 Å². The molecule has 0 saturated carbocycles. The lowest BCUT2D eigenvalue weighted by molar-refractivity contribution is 0.151. The van der Waals surface area contributed by atoms with Gasteiger partial charge in [0.05, 0.1) is 0 Å². The van der Waals surface area contributed by atoms with Crippen LogP contribution in [0.25, 0.3) is 0 Å². The van der Waals surface area contributed by atoms with Gasteiger partial charge in [0, 0.05) is 11.6 Å². The monoisotopic (exact) mass is 241 g/mol. The van der Waals surface area contributed by atoms with Crippen LogP contribution in [0.5, 0.6) is 0 Å². The second-order valence-electron chi connectivity index (χ2n) is 4.61. The van der Waals surface area contributed by atoms with Crippen LogP contribution in [-0.2, 0) is 6.42 Å². The molecule has 17 heavy (non-hydrogen) atoms. The van der Waals surface area contributed by atoms with Crippen LogP contribution in [0.4, 0.5) is 8.78 Å². The van der Waals surface area contributed by atoms with Crippen molar-refractivity contribution in [2.45, 2.75) is 45.6 Å². The predicted molar refractivity (Wildman–Crippen MR) is 67.5 cm³/mol. The van der Waals surface area contributed by atoms with Crippen molar-refractivity contribution >= 4 is 0 Å². The van der Waals surface area contributed by atoms with Crippen LogP contribution in [0.15, 0.2) is 24.3 Å². The number of halogens is 2. The van der Waals surface area contributed by atoms with Gasteiger partial charge >= 0.3 is 0 Å². The molecule has 0 spiro atoms. The SMILES string of the molecule is CC(C)NCCCCc1ccc(C(F)F)cc1. The van der Waals surface area contributed by atoms with Crippen molar-refractivity contribution < 1.29 is 8.78 Å². The average molecular weight is 241 g/mol. The number of rotatable bonds is 7. The Balaban J connectivity index is 2.23. The van der Waals surface area contributed by atoms with E-state index in [4.69, 9.17) is 0 Å². The Kier molecular flexibility index (Phi) is 6.12. The van der Waals surface area contributed by atoms with E-state index < -0.39 is 6.43 Å². The molecule has 0 radical (unpaired) electrons. The standard InChI is InChI=1S/C14H21F2N/c1-11(2)17-10-4-3-5-12-6-8-13(9-7-12)14(15)16/h6-9,11,14,17H,3-5,10H2,1-2H3. The van der Waals surface area contributed by atoms with Crippen molar-refractivity contribution in [1.82, 2.24) is 5.32 Å². The van der Waals surface area contributed by atoms with Gasteiger partial charge in [-0.2, -0.15) is 0 Å². The first-order valence-corrected chi connectivity index (χ1v) is 6.20.